The highest BCUT2D eigenvalue weighted by Gasteiger charge is 2.36. The average Bonchev–Trinajstić information content (AvgIpc) is 3.25. The summed E-state index contributed by atoms with van der Waals surface area (Å²) in [5.41, 5.74) is 1.38. The van der Waals surface area contributed by atoms with Gasteiger partial charge in [0.05, 0.1) is 7.11 Å². The van der Waals surface area contributed by atoms with E-state index in [9.17, 15) is 4.79 Å². The number of hydrogen-bond acceptors (Lipinski definition) is 3. The summed E-state index contributed by atoms with van der Waals surface area (Å²) < 4.78 is 5.24. The van der Waals surface area contributed by atoms with Crippen LogP contribution in [0, 0.1) is 0 Å². The van der Waals surface area contributed by atoms with E-state index in [-0.39, 0.29) is 17.4 Å². The summed E-state index contributed by atoms with van der Waals surface area (Å²) in [5, 5.41) is 6.31. The fourth-order valence-corrected chi connectivity index (χ4v) is 3.58. The average molecular weight is 300 g/mol. The van der Waals surface area contributed by atoms with Crippen LogP contribution in [0.4, 0.5) is 0 Å². The van der Waals surface area contributed by atoms with Crippen molar-refractivity contribution in [3.63, 3.8) is 0 Å². The number of amides is 1. The second kappa shape index (κ2) is 6.53. The molecule has 1 saturated carbocycles. The number of ether oxygens (including phenoxy) is 1. The maximum Gasteiger partial charge on any atom is 0.241 e. The van der Waals surface area contributed by atoms with Gasteiger partial charge in [-0.05, 0) is 30.5 Å². The molecule has 4 nitrogen and oxygen atoms in total. The second-order valence-corrected chi connectivity index (χ2v) is 6.25. The zero-order valence-corrected chi connectivity index (χ0v) is 13.1. The number of hydrogen-bond donors (Lipinski definition) is 2. The van der Waals surface area contributed by atoms with Crippen molar-refractivity contribution in [1.82, 2.24) is 10.6 Å². The molecule has 0 aromatic heterocycles. The van der Waals surface area contributed by atoms with Crippen LogP contribution in [0.1, 0.15) is 31.2 Å². The summed E-state index contributed by atoms with van der Waals surface area (Å²) in [7, 11) is 1.68. The Balaban J connectivity index is 1.70. The lowest BCUT2D eigenvalue weighted by atomic mass is 9.78. The highest BCUT2D eigenvalue weighted by atomic mass is 16.5. The molecule has 0 unspecified atom stereocenters. The van der Waals surface area contributed by atoms with Gasteiger partial charge in [-0.25, -0.2) is 0 Å². The lowest BCUT2D eigenvalue weighted by Gasteiger charge is -2.30. The molecule has 1 heterocycles. The van der Waals surface area contributed by atoms with E-state index in [0.717, 1.165) is 25.1 Å². The Morgan fingerprint density at radius 2 is 2.05 bits per heavy atom. The van der Waals surface area contributed by atoms with Gasteiger partial charge in [-0.15, -0.1) is 0 Å². The number of nitrogens with one attached hydrogen (secondary N) is 2. The van der Waals surface area contributed by atoms with Gasteiger partial charge in [-0.3, -0.25) is 10.1 Å². The SMILES string of the molecule is COc1ccc(C2(CNC(=O)[C@@H]3C=CCN3)CCCC2)cc1. The van der Waals surface area contributed by atoms with Crippen LogP contribution in [0.5, 0.6) is 5.75 Å². The number of methoxy groups -OCH3 is 1. The van der Waals surface area contributed by atoms with Gasteiger partial charge in [0.25, 0.3) is 0 Å². The van der Waals surface area contributed by atoms with E-state index in [4.69, 9.17) is 4.74 Å². The largest absolute Gasteiger partial charge is 0.497 e. The molecule has 1 aliphatic heterocycles. The lowest BCUT2D eigenvalue weighted by molar-refractivity contribution is -0.122. The molecule has 0 bridgehead atoms. The Morgan fingerprint density at radius 1 is 1.32 bits per heavy atom. The minimum absolute atomic E-state index is 0.0737. The molecule has 1 aliphatic carbocycles. The van der Waals surface area contributed by atoms with Crippen LogP contribution in [0.3, 0.4) is 0 Å². The Morgan fingerprint density at radius 3 is 2.64 bits per heavy atom. The predicted octanol–water partition coefficient (Wildman–Crippen LogP) is 2.15. The van der Waals surface area contributed by atoms with Gasteiger partial charge < -0.3 is 10.1 Å². The minimum Gasteiger partial charge on any atom is -0.497 e. The molecule has 1 fully saturated rings. The van der Waals surface area contributed by atoms with Crippen molar-refractivity contribution in [2.75, 3.05) is 20.2 Å². The van der Waals surface area contributed by atoms with Crippen LogP contribution in [0.25, 0.3) is 0 Å². The van der Waals surface area contributed by atoms with Crippen molar-refractivity contribution in [3.8, 4) is 5.75 Å². The van der Waals surface area contributed by atoms with Gasteiger partial charge in [0.1, 0.15) is 11.8 Å². The van der Waals surface area contributed by atoms with E-state index in [2.05, 4.69) is 22.8 Å². The molecular formula is C18H24N2O2. The summed E-state index contributed by atoms with van der Waals surface area (Å²) in [6, 6.07) is 8.14. The normalized spacial score (nSPS) is 22.7. The summed E-state index contributed by atoms with van der Waals surface area (Å²) >= 11 is 0. The second-order valence-electron chi connectivity index (χ2n) is 6.25. The highest BCUT2D eigenvalue weighted by molar-refractivity contribution is 5.84. The summed E-state index contributed by atoms with van der Waals surface area (Å²) in [6.45, 7) is 1.49. The van der Waals surface area contributed by atoms with Crippen LogP contribution in [-0.2, 0) is 10.2 Å². The maximum atomic E-state index is 12.2. The fourth-order valence-electron chi connectivity index (χ4n) is 3.58. The third-order valence-corrected chi connectivity index (χ3v) is 4.93. The van der Waals surface area contributed by atoms with Crippen molar-refractivity contribution in [3.05, 3.63) is 42.0 Å². The number of benzene rings is 1. The van der Waals surface area contributed by atoms with Crippen LogP contribution in [0.15, 0.2) is 36.4 Å². The molecule has 22 heavy (non-hydrogen) atoms. The third-order valence-electron chi connectivity index (χ3n) is 4.93. The monoisotopic (exact) mass is 300 g/mol. The Labute approximate surface area is 131 Å². The summed E-state index contributed by atoms with van der Waals surface area (Å²) in [4.78, 5) is 12.2. The first-order valence-electron chi connectivity index (χ1n) is 8.06. The zero-order chi connectivity index (χ0) is 15.4. The first-order valence-corrected chi connectivity index (χ1v) is 8.06. The molecule has 0 spiro atoms. The third kappa shape index (κ3) is 3.02. The molecule has 0 saturated heterocycles. The molecular weight excluding hydrogens is 276 g/mol. The first-order chi connectivity index (χ1) is 10.7. The summed E-state index contributed by atoms with van der Waals surface area (Å²) in [6.07, 6.45) is 8.65. The Bertz CT molecular complexity index is 545. The molecule has 2 aliphatic rings. The van der Waals surface area contributed by atoms with Gasteiger partial charge >= 0.3 is 0 Å². The van der Waals surface area contributed by atoms with Gasteiger partial charge in [-0.2, -0.15) is 0 Å². The molecule has 1 aromatic rings. The van der Waals surface area contributed by atoms with E-state index in [1.807, 2.05) is 24.3 Å². The molecule has 1 aromatic carbocycles. The number of carbonyl (C=O) groups excluding carboxylic acids is 1. The fraction of sp³-hybridized carbons (Fsp3) is 0.500. The van der Waals surface area contributed by atoms with Gasteiger partial charge in [0.15, 0.2) is 0 Å². The molecule has 1 atom stereocenters. The van der Waals surface area contributed by atoms with E-state index in [1.54, 1.807) is 7.11 Å². The van der Waals surface area contributed by atoms with Crippen molar-refractivity contribution >= 4 is 5.91 Å². The maximum absolute atomic E-state index is 12.2. The van der Waals surface area contributed by atoms with Crippen LogP contribution >= 0.6 is 0 Å². The van der Waals surface area contributed by atoms with Crippen LogP contribution < -0.4 is 15.4 Å². The molecule has 118 valence electrons. The highest BCUT2D eigenvalue weighted by Crippen LogP contribution is 2.41. The van der Waals surface area contributed by atoms with Crippen molar-refractivity contribution in [1.29, 1.82) is 0 Å². The van der Waals surface area contributed by atoms with E-state index in [0.29, 0.717) is 6.54 Å². The topological polar surface area (TPSA) is 50.4 Å². The summed E-state index contributed by atoms with van der Waals surface area (Å²) in [5.74, 6) is 0.953. The van der Waals surface area contributed by atoms with Crippen molar-refractivity contribution in [2.45, 2.75) is 37.1 Å². The lowest BCUT2D eigenvalue weighted by Crippen LogP contribution is -2.46. The van der Waals surface area contributed by atoms with Gasteiger partial charge in [-0.1, -0.05) is 37.1 Å². The molecule has 2 N–H and O–H groups in total. The minimum atomic E-state index is -0.172. The van der Waals surface area contributed by atoms with Crippen LogP contribution in [-0.4, -0.2) is 32.1 Å². The molecule has 1 amide bonds. The standard InChI is InChI=1S/C18H24N2O2/c1-22-15-8-6-14(7-9-15)18(10-2-3-11-18)13-20-17(21)16-5-4-12-19-16/h4-9,16,19H,2-3,10-13H2,1H3,(H,20,21)/t16-/m0/s1. The van der Waals surface area contributed by atoms with Crippen molar-refractivity contribution < 1.29 is 9.53 Å². The Hall–Kier alpha value is -1.81. The Kier molecular flexibility index (Phi) is 4.48. The quantitative estimate of drug-likeness (QED) is 0.819. The number of rotatable bonds is 5. The van der Waals surface area contributed by atoms with Crippen molar-refractivity contribution in [2.24, 2.45) is 0 Å². The molecule has 4 heteroatoms. The van der Waals surface area contributed by atoms with Crippen LogP contribution in [0.2, 0.25) is 0 Å². The molecule has 3 rings (SSSR count). The smallest absolute Gasteiger partial charge is 0.241 e. The van der Waals surface area contributed by atoms with Gasteiger partial charge in [0.2, 0.25) is 5.91 Å². The molecule has 0 radical (unpaired) electrons. The predicted molar refractivity (Wildman–Crippen MR) is 87.1 cm³/mol. The number of carbonyl (C=O) groups is 1. The zero-order valence-electron chi connectivity index (χ0n) is 13.1. The van der Waals surface area contributed by atoms with E-state index in [1.165, 1.54) is 18.4 Å². The van der Waals surface area contributed by atoms with E-state index >= 15 is 0 Å². The van der Waals surface area contributed by atoms with E-state index < -0.39 is 0 Å². The van der Waals surface area contributed by atoms with Gasteiger partial charge in [0, 0.05) is 18.5 Å². The first kappa shape index (κ1) is 15.1.